The second kappa shape index (κ2) is 7.82. The van der Waals surface area contributed by atoms with Gasteiger partial charge in [0.2, 0.25) is 0 Å². The average molecular weight is 370 g/mol. The van der Waals surface area contributed by atoms with Crippen LogP contribution in [0.3, 0.4) is 0 Å². The van der Waals surface area contributed by atoms with E-state index >= 15 is 0 Å². The number of thioether (sulfide) groups is 1. The van der Waals surface area contributed by atoms with Crippen molar-refractivity contribution in [2.45, 2.75) is 10.9 Å². The molecule has 0 aliphatic heterocycles. The Labute approximate surface area is 137 Å². The Balaban J connectivity index is 2.10. The summed E-state index contributed by atoms with van der Waals surface area (Å²) in [6.45, 7) is 0. The van der Waals surface area contributed by atoms with Crippen molar-refractivity contribution in [2.75, 3.05) is 19.9 Å². The van der Waals surface area contributed by atoms with E-state index in [1.165, 1.54) is 18.1 Å². The van der Waals surface area contributed by atoms with Crippen LogP contribution in [0.2, 0.25) is 0 Å². The molecule has 0 bridgehead atoms. The lowest BCUT2D eigenvalue weighted by Crippen LogP contribution is -2.19. The number of rotatable bonds is 6. The third kappa shape index (κ3) is 4.22. The number of benzene rings is 2. The van der Waals surface area contributed by atoms with Gasteiger partial charge in [-0.2, -0.15) is 0 Å². The van der Waals surface area contributed by atoms with Crippen LogP contribution in [0.5, 0.6) is 5.75 Å². The molecule has 21 heavy (non-hydrogen) atoms. The van der Waals surface area contributed by atoms with Gasteiger partial charge in [0, 0.05) is 21.2 Å². The molecule has 0 saturated heterocycles. The first kappa shape index (κ1) is 16.3. The van der Waals surface area contributed by atoms with E-state index in [4.69, 9.17) is 4.74 Å². The van der Waals surface area contributed by atoms with Crippen LogP contribution >= 0.6 is 27.7 Å². The molecule has 2 rings (SSSR count). The van der Waals surface area contributed by atoms with Crippen LogP contribution in [0.1, 0.15) is 11.6 Å². The highest BCUT2D eigenvalue weighted by Crippen LogP contribution is 2.31. The number of nitrogens with one attached hydrogen (secondary N) is 1. The van der Waals surface area contributed by atoms with Gasteiger partial charge in [-0.1, -0.05) is 18.2 Å². The summed E-state index contributed by atoms with van der Waals surface area (Å²) in [5.74, 6) is 0.749. The Hall–Kier alpha value is -1.04. The van der Waals surface area contributed by atoms with Crippen molar-refractivity contribution in [2.24, 2.45) is 0 Å². The fourth-order valence-corrected chi connectivity index (χ4v) is 3.69. The maximum Gasteiger partial charge on any atom is 0.165 e. The molecule has 0 radical (unpaired) electrons. The molecule has 1 N–H and O–H groups in total. The Morgan fingerprint density at radius 1 is 1.29 bits per heavy atom. The van der Waals surface area contributed by atoms with Gasteiger partial charge in [0.1, 0.15) is 0 Å². The van der Waals surface area contributed by atoms with Gasteiger partial charge in [-0.05, 0) is 52.8 Å². The largest absolute Gasteiger partial charge is 0.494 e. The number of hydrogen-bond donors (Lipinski definition) is 1. The Kier molecular flexibility index (Phi) is 6.08. The summed E-state index contributed by atoms with van der Waals surface area (Å²) in [7, 11) is 3.35. The van der Waals surface area contributed by atoms with Crippen molar-refractivity contribution in [3.05, 3.63) is 58.3 Å². The molecular weight excluding hydrogens is 353 g/mol. The van der Waals surface area contributed by atoms with Gasteiger partial charge in [0.25, 0.3) is 0 Å². The number of hydrogen-bond acceptors (Lipinski definition) is 3. The van der Waals surface area contributed by atoms with Crippen molar-refractivity contribution in [3.63, 3.8) is 0 Å². The maximum absolute atomic E-state index is 13.8. The molecule has 0 amide bonds. The third-order valence-electron chi connectivity index (χ3n) is 3.17. The second-order valence-corrected chi connectivity index (χ2v) is 6.39. The number of ether oxygens (including phenoxy) is 1. The molecule has 0 saturated carbocycles. The molecule has 0 aliphatic carbocycles. The molecular formula is C16H17BrFNOS. The van der Waals surface area contributed by atoms with Gasteiger partial charge in [0.15, 0.2) is 11.6 Å². The summed E-state index contributed by atoms with van der Waals surface area (Å²) < 4.78 is 19.8. The van der Waals surface area contributed by atoms with E-state index in [9.17, 15) is 4.39 Å². The highest BCUT2D eigenvalue weighted by Gasteiger charge is 2.13. The molecule has 0 heterocycles. The van der Waals surface area contributed by atoms with Gasteiger partial charge in [-0.15, -0.1) is 11.8 Å². The van der Waals surface area contributed by atoms with E-state index in [0.29, 0.717) is 0 Å². The van der Waals surface area contributed by atoms with Crippen molar-refractivity contribution >= 4 is 27.7 Å². The summed E-state index contributed by atoms with van der Waals surface area (Å²) in [6.07, 6.45) is 0. The van der Waals surface area contributed by atoms with Crippen LogP contribution in [0.4, 0.5) is 4.39 Å². The fourth-order valence-electron chi connectivity index (χ4n) is 1.98. The van der Waals surface area contributed by atoms with Crippen molar-refractivity contribution in [3.8, 4) is 5.75 Å². The lowest BCUT2D eigenvalue weighted by atomic mass is 10.1. The van der Waals surface area contributed by atoms with Crippen LogP contribution in [-0.4, -0.2) is 19.9 Å². The first-order valence-corrected chi connectivity index (χ1v) is 8.31. The number of halogens is 2. The molecule has 2 nitrogen and oxygen atoms in total. The van der Waals surface area contributed by atoms with E-state index < -0.39 is 0 Å². The average Bonchev–Trinajstić information content (AvgIpc) is 2.50. The third-order valence-corrected chi connectivity index (χ3v) is 5.29. The molecule has 112 valence electrons. The van der Waals surface area contributed by atoms with Gasteiger partial charge >= 0.3 is 0 Å². The number of methoxy groups -OCH3 is 1. The zero-order valence-electron chi connectivity index (χ0n) is 11.9. The zero-order valence-corrected chi connectivity index (χ0v) is 14.3. The Morgan fingerprint density at radius 3 is 2.67 bits per heavy atom. The molecule has 2 aromatic rings. The van der Waals surface area contributed by atoms with Gasteiger partial charge in [0.05, 0.1) is 7.11 Å². The molecule has 0 fully saturated rings. The normalized spacial score (nSPS) is 12.2. The zero-order chi connectivity index (χ0) is 15.2. The van der Waals surface area contributed by atoms with E-state index in [0.717, 1.165) is 15.8 Å². The predicted molar refractivity (Wildman–Crippen MR) is 89.6 cm³/mol. The molecule has 2 aromatic carbocycles. The van der Waals surface area contributed by atoms with Crippen LogP contribution in [0, 0.1) is 5.82 Å². The molecule has 1 unspecified atom stereocenters. The SMILES string of the molecule is CNC(CSc1ccccc1Br)c1ccc(OC)c(F)c1. The predicted octanol–water partition coefficient (Wildman–Crippen LogP) is 4.65. The van der Waals surface area contributed by atoms with Gasteiger partial charge < -0.3 is 10.1 Å². The topological polar surface area (TPSA) is 21.3 Å². The van der Waals surface area contributed by atoms with Crippen LogP contribution in [-0.2, 0) is 0 Å². The molecule has 0 aliphatic rings. The summed E-state index contributed by atoms with van der Waals surface area (Å²) >= 11 is 5.26. The van der Waals surface area contributed by atoms with Crippen LogP contribution in [0.25, 0.3) is 0 Å². The highest BCUT2D eigenvalue weighted by atomic mass is 79.9. The summed E-state index contributed by atoms with van der Waals surface area (Å²) in [4.78, 5) is 1.17. The van der Waals surface area contributed by atoms with Crippen molar-refractivity contribution in [1.82, 2.24) is 5.32 Å². The summed E-state index contributed by atoms with van der Waals surface area (Å²) in [5.41, 5.74) is 0.912. The summed E-state index contributed by atoms with van der Waals surface area (Å²) in [5, 5.41) is 3.23. The smallest absolute Gasteiger partial charge is 0.165 e. The van der Waals surface area contributed by atoms with Gasteiger partial charge in [-0.3, -0.25) is 0 Å². The van der Waals surface area contributed by atoms with E-state index in [1.807, 2.05) is 31.3 Å². The van der Waals surface area contributed by atoms with Crippen molar-refractivity contribution < 1.29 is 9.13 Å². The molecule has 1 atom stereocenters. The van der Waals surface area contributed by atoms with Crippen LogP contribution < -0.4 is 10.1 Å². The maximum atomic E-state index is 13.8. The van der Waals surface area contributed by atoms with E-state index in [-0.39, 0.29) is 17.6 Å². The molecule has 5 heteroatoms. The van der Waals surface area contributed by atoms with Crippen molar-refractivity contribution in [1.29, 1.82) is 0 Å². The molecule has 0 aromatic heterocycles. The highest BCUT2D eigenvalue weighted by molar-refractivity contribution is 9.10. The molecule has 0 spiro atoms. The van der Waals surface area contributed by atoms with E-state index in [2.05, 4.69) is 27.3 Å². The first-order valence-electron chi connectivity index (χ1n) is 6.53. The van der Waals surface area contributed by atoms with Crippen LogP contribution in [0.15, 0.2) is 51.8 Å². The minimum Gasteiger partial charge on any atom is -0.494 e. The minimum absolute atomic E-state index is 0.0718. The monoisotopic (exact) mass is 369 g/mol. The standard InChI is InChI=1S/C16H17BrFNOS/c1-19-14(10-21-16-6-4-3-5-12(16)17)11-7-8-15(20-2)13(18)9-11/h3-9,14,19H,10H2,1-2H3. The summed E-state index contributed by atoms with van der Waals surface area (Å²) in [6, 6.07) is 13.2. The second-order valence-electron chi connectivity index (χ2n) is 4.48. The van der Waals surface area contributed by atoms with E-state index in [1.54, 1.807) is 17.8 Å². The first-order chi connectivity index (χ1) is 10.2. The lowest BCUT2D eigenvalue weighted by Gasteiger charge is -2.17. The van der Waals surface area contributed by atoms with Gasteiger partial charge in [-0.25, -0.2) is 4.39 Å². The minimum atomic E-state index is -0.332. The Morgan fingerprint density at radius 2 is 2.05 bits per heavy atom. The quantitative estimate of drug-likeness (QED) is 0.748. The Bertz CT molecular complexity index is 609. The fraction of sp³-hybridized carbons (Fsp3) is 0.250. The lowest BCUT2D eigenvalue weighted by molar-refractivity contribution is 0.385.